The van der Waals surface area contributed by atoms with E-state index < -0.39 is 0 Å². The molecule has 0 aromatic heterocycles. The summed E-state index contributed by atoms with van der Waals surface area (Å²) >= 11 is 3.40. The summed E-state index contributed by atoms with van der Waals surface area (Å²) in [5.74, 6) is 0. The van der Waals surface area contributed by atoms with Crippen molar-refractivity contribution in [1.29, 1.82) is 5.26 Å². The molecule has 0 radical (unpaired) electrons. The molecule has 0 heterocycles. The third-order valence-corrected chi connectivity index (χ3v) is 3.36. The Morgan fingerprint density at radius 1 is 1.21 bits per heavy atom. The van der Waals surface area contributed by atoms with Gasteiger partial charge in [-0.05, 0) is 42.5 Å². The molecule has 2 rings (SSSR count). The Morgan fingerprint density at radius 2 is 1.89 bits per heavy atom. The van der Waals surface area contributed by atoms with Crippen molar-refractivity contribution in [2.24, 2.45) is 0 Å². The molecule has 2 aromatic carbocycles. The first kappa shape index (κ1) is 13.3. The lowest BCUT2D eigenvalue weighted by molar-refractivity contribution is 0.112. The molecule has 0 fully saturated rings. The van der Waals surface area contributed by atoms with Crippen LogP contribution in [-0.4, -0.2) is 13.3 Å². The predicted molar refractivity (Wildman–Crippen MR) is 78.7 cm³/mol. The van der Waals surface area contributed by atoms with Gasteiger partial charge in [-0.2, -0.15) is 5.26 Å². The van der Waals surface area contributed by atoms with E-state index in [0.29, 0.717) is 11.1 Å². The Balaban J connectivity index is 2.43. The molecule has 0 bridgehead atoms. The van der Waals surface area contributed by atoms with E-state index in [1.165, 1.54) is 0 Å². The SMILES string of the molecule is CN(c1ccc(C#N)cc1)c1cc(Br)ccc1C=O. The van der Waals surface area contributed by atoms with E-state index in [0.717, 1.165) is 22.1 Å². The minimum atomic E-state index is 0.613. The van der Waals surface area contributed by atoms with Gasteiger partial charge in [-0.25, -0.2) is 0 Å². The van der Waals surface area contributed by atoms with Gasteiger partial charge in [-0.3, -0.25) is 4.79 Å². The maximum Gasteiger partial charge on any atom is 0.152 e. The summed E-state index contributed by atoms with van der Waals surface area (Å²) in [7, 11) is 1.89. The first-order chi connectivity index (χ1) is 9.15. The van der Waals surface area contributed by atoms with Gasteiger partial charge >= 0.3 is 0 Å². The Labute approximate surface area is 120 Å². The average molecular weight is 315 g/mol. The molecule has 19 heavy (non-hydrogen) atoms. The van der Waals surface area contributed by atoms with Crippen LogP contribution in [-0.2, 0) is 0 Å². The summed E-state index contributed by atoms with van der Waals surface area (Å²) in [5, 5.41) is 8.79. The van der Waals surface area contributed by atoms with E-state index in [-0.39, 0.29) is 0 Å². The van der Waals surface area contributed by atoms with Gasteiger partial charge in [0.15, 0.2) is 6.29 Å². The number of anilines is 2. The lowest BCUT2D eigenvalue weighted by atomic mass is 10.1. The number of nitriles is 1. The molecule has 0 aliphatic heterocycles. The Kier molecular flexibility index (Phi) is 3.98. The molecule has 0 spiro atoms. The van der Waals surface area contributed by atoms with Gasteiger partial charge in [0.05, 0.1) is 17.3 Å². The molecule has 0 N–H and O–H groups in total. The quantitative estimate of drug-likeness (QED) is 0.807. The van der Waals surface area contributed by atoms with Crippen molar-refractivity contribution in [3.8, 4) is 6.07 Å². The van der Waals surface area contributed by atoms with Crippen molar-refractivity contribution in [3.05, 3.63) is 58.1 Å². The lowest BCUT2D eigenvalue weighted by Crippen LogP contribution is -2.11. The van der Waals surface area contributed by atoms with Crippen molar-refractivity contribution in [3.63, 3.8) is 0 Å². The second-order valence-electron chi connectivity index (χ2n) is 4.04. The zero-order valence-electron chi connectivity index (χ0n) is 10.3. The maximum absolute atomic E-state index is 11.1. The topological polar surface area (TPSA) is 44.1 Å². The van der Waals surface area contributed by atoms with Crippen LogP contribution in [0.1, 0.15) is 15.9 Å². The first-order valence-corrected chi connectivity index (χ1v) is 6.43. The summed E-state index contributed by atoms with van der Waals surface area (Å²) < 4.78 is 0.911. The first-order valence-electron chi connectivity index (χ1n) is 5.64. The zero-order chi connectivity index (χ0) is 13.8. The highest BCUT2D eigenvalue weighted by atomic mass is 79.9. The van der Waals surface area contributed by atoms with Gasteiger partial charge in [-0.15, -0.1) is 0 Å². The summed E-state index contributed by atoms with van der Waals surface area (Å²) in [4.78, 5) is 13.0. The Hall–Kier alpha value is -2.12. The molecule has 94 valence electrons. The predicted octanol–water partition coefficient (Wildman–Crippen LogP) is 3.90. The number of hydrogen-bond acceptors (Lipinski definition) is 3. The van der Waals surface area contributed by atoms with Crippen molar-refractivity contribution in [2.75, 3.05) is 11.9 Å². The third-order valence-electron chi connectivity index (χ3n) is 2.86. The second-order valence-corrected chi connectivity index (χ2v) is 4.95. The van der Waals surface area contributed by atoms with Crippen molar-refractivity contribution < 1.29 is 4.79 Å². The van der Waals surface area contributed by atoms with Gasteiger partial charge in [0, 0.05) is 22.8 Å². The van der Waals surface area contributed by atoms with Gasteiger partial charge in [-0.1, -0.05) is 15.9 Å². The van der Waals surface area contributed by atoms with Crippen LogP contribution >= 0.6 is 15.9 Å². The minimum absolute atomic E-state index is 0.613. The molecule has 0 aliphatic carbocycles. The molecule has 0 saturated carbocycles. The number of carbonyl (C=O) groups excluding carboxylic acids is 1. The van der Waals surface area contributed by atoms with E-state index in [4.69, 9.17) is 5.26 Å². The summed E-state index contributed by atoms with van der Waals surface area (Å²) in [6, 6.07) is 14.8. The van der Waals surface area contributed by atoms with E-state index in [2.05, 4.69) is 22.0 Å². The molecule has 0 amide bonds. The zero-order valence-corrected chi connectivity index (χ0v) is 11.9. The number of rotatable bonds is 3. The van der Waals surface area contributed by atoms with Crippen LogP contribution in [0, 0.1) is 11.3 Å². The summed E-state index contributed by atoms with van der Waals surface area (Å²) in [5.41, 5.74) is 2.96. The van der Waals surface area contributed by atoms with Gasteiger partial charge in [0.2, 0.25) is 0 Å². The fourth-order valence-corrected chi connectivity index (χ4v) is 2.15. The number of carbonyl (C=O) groups is 1. The van der Waals surface area contributed by atoms with E-state index in [1.54, 1.807) is 18.2 Å². The molecule has 2 aromatic rings. The number of hydrogen-bond donors (Lipinski definition) is 0. The fourth-order valence-electron chi connectivity index (χ4n) is 1.81. The number of benzene rings is 2. The largest absolute Gasteiger partial charge is 0.344 e. The third kappa shape index (κ3) is 2.83. The van der Waals surface area contributed by atoms with Crippen molar-refractivity contribution >= 4 is 33.6 Å². The molecule has 0 unspecified atom stereocenters. The maximum atomic E-state index is 11.1. The summed E-state index contributed by atoms with van der Waals surface area (Å²) in [6.45, 7) is 0. The summed E-state index contributed by atoms with van der Waals surface area (Å²) in [6.07, 6.45) is 0.835. The van der Waals surface area contributed by atoms with Gasteiger partial charge < -0.3 is 4.90 Å². The standard InChI is InChI=1S/C15H11BrN2O/c1-18(14-6-2-11(9-17)3-7-14)15-8-13(16)5-4-12(15)10-19/h2-8,10H,1H3. The van der Waals surface area contributed by atoms with Crippen LogP contribution in [0.2, 0.25) is 0 Å². The van der Waals surface area contributed by atoms with E-state index in [1.807, 2.05) is 36.2 Å². The van der Waals surface area contributed by atoms with E-state index >= 15 is 0 Å². The molecule has 0 saturated heterocycles. The lowest BCUT2D eigenvalue weighted by Gasteiger charge is -2.21. The van der Waals surface area contributed by atoms with Gasteiger partial charge in [0.25, 0.3) is 0 Å². The Bertz CT molecular complexity index is 644. The van der Waals surface area contributed by atoms with Crippen LogP contribution in [0.25, 0.3) is 0 Å². The number of nitrogens with zero attached hydrogens (tertiary/aromatic N) is 2. The van der Waals surface area contributed by atoms with E-state index in [9.17, 15) is 4.79 Å². The van der Waals surface area contributed by atoms with Crippen LogP contribution in [0.15, 0.2) is 46.9 Å². The van der Waals surface area contributed by atoms with Crippen LogP contribution in [0.4, 0.5) is 11.4 Å². The van der Waals surface area contributed by atoms with Crippen LogP contribution < -0.4 is 4.90 Å². The Morgan fingerprint density at radius 3 is 2.47 bits per heavy atom. The molecular weight excluding hydrogens is 304 g/mol. The second kappa shape index (κ2) is 5.68. The number of halogens is 1. The molecule has 0 aliphatic rings. The molecular formula is C15H11BrN2O. The van der Waals surface area contributed by atoms with Crippen molar-refractivity contribution in [2.45, 2.75) is 0 Å². The normalized spacial score (nSPS) is 9.74. The highest BCUT2D eigenvalue weighted by Gasteiger charge is 2.09. The van der Waals surface area contributed by atoms with Gasteiger partial charge in [0.1, 0.15) is 0 Å². The monoisotopic (exact) mass is 314 g/mol. The highest BCUT2D eigenvalue weighted by Crippen LogP contribution is 2.29. The average Bonchev–Trinajstić information content (AvgIpc) is 2.46. The van der Waals surface area contributed by atoms with Crippen LogP contribution in [0.5, 0.6) is 0 Å². The molecule has 4 heteroatoms. The minimum Gasteiger partial charge on any atom is -0.344 e. The fraction of sp³-hybridized carbons (Fsp3) is 0.0667. The van der Waals surface area contributed by atoms with Crippen molar-refractivity contribution in [1.82, 2.24) is 0 Å². The van der Waals surface area contributed by atoms with Crippen LogP contribution in [0.3, 0.4) is 0 Å². The smallest absolute Gasteiger partial charge is 0.152 e. The molecule has 3 nitrogen and oxygen atoms in total. The number of aldehydes is 1. The highest BCUT2D eigenvalue weighted by molar-refractivity contribution is 9.10. The molecule has 0 atom stereocenters.